The third-order valence-corrected chi connectivity index (χ3v) is 3.16. The lowest BCUT2D eigenvalue weighted by Crippen LogP contribution is -2.48. The van der Waals surface area contributed by atoms with E-state index in [9.17, 15) is 9.59 Å². The van der Waals surface area contributed by atoms with Crippen molar-refractivity contribution in [2.45, 2.75) is 31.8 Å². The molecule has 2 fully saturated rings. The van der Waals surface area contributed by atoms with Gasteiger partial charge in [0.15, 0.2) is 6.10 Å². The number of hydrogen-bond acceptors (Lipinski definition) is 3. The minimum absolute atomic E-state index is 0.0708. The van der Waals surface area contributed by atoms with Gasteiger partial charge >= 0.3 is 5.97 Å². The first kappa shape index (κ1) is 11.4. The molecule has 1 saturated heterocycles. The molecule has 1 aliphatic heterocycles. The zero-order valence-corrected chi connectivity index (χ0v) is 9.22. The summed E-state index contributed by atoms with van der Waals surface area (Å²) in [6.45, 7) is 1.04. The van der Waals surface area contributed by atoms with Crippen LogP contribution in [0.5, 0.6) is 0 Å². The van der Waals surface area contributed by atoms with Gasteiger partial charge in [-0.05, 0) is 12.3 Å². The fourth-order valence-electron chi connectivity index (χ4n) is 1.92. The molecule has 1 amide bonds. The first-order chi connectivity index (χ1) is 7.66. The normalized spacial score (nSPS) is 25.5. The van der Waals surface area contributed by atoms with Crippen LogP contribution in [0.25, 0.3) is 0 Å². The van der Waals surface area contributed by atoms with E-state index in [1.807, 2.05) is 0 Å². The van der Waals surface area contributed by atoms with Crippen LogP contribution >= 0.6 is 0 Å². The van der Waals surface area contributed by atoms with Crippen LogP contribution in [0.15, 0.2) is 0 Å². The van der Waals surface area contributed by atoms with Crippen molar-refractivity contribution in [3.63, 3.8) is 0 Å². The van der Waals surface area contributed by atoms with Gasteiger partial charge in [-0.3, -0.25) is 4.79 Å². The van der Waals surface area contributed by atoms with Crippen molar-refractivity contribution in [3.8, 4) is 0 Å². The standard InChI is InChI=1S/C11H17NO4/c13-10(4-3-8-1-2-8)12-5-6-16-9(7-12)11(14)15/h8-9H,1-7H2,(H,14,15). The Labute approximate surface area is 94.4 Å². The van der Waals surface area contributed by atoms with Crippen molar-refractivity contribution in [3.05, 3.63) is 0 Å². The molecule has 5 nitrogen and oxygen atoms in total. The van der Waals surface area contributed by atoms with Gasteiger partial charge in [-0.1, -0.05) is 12.8 Å². The fraction of sp³-hybridized carbons (Fsp3) is 0.818. The Morgan fingerprint density at radius 3 is 2.75 bits per heavy atom. The lowest BCUT2D eigenvalue weighted by atomic mass is 10.2. The summed E-state index contributed by atoms with van der Waals surface area (Å²) in [6.07, 6.45) is 3.14. The van der Waals surface area contributed by atoms with Crippen LogP contribution in [0.1, 0.15) is 25.7 Å². The molecule has 5 heteroatoms. The molecular weight excluding hydrogens is 210 g/mol. The molecule has 0 radical (unpaired) electrons. The van der Waals surface area contributed by atoms with Crippen LogP contribution in [0, 0.1) is 5.92 Å². The lowest BCUT2D eigenvalue weighted by molar-refractivity contribution is -0.159. The summed E-state index contributed by atoms with van der Waals surface area (Å²) in [5.74, 6) is -0.179. The number of amides is 1. The van der Waals surface area contributed by atoms with Gasteiger partial charge < -0.3 is 14.7 Å². The van der Waals surface area contributed by atoms with Gasteiger partial charge in [0, 0.05) is 13.0 Å². The van der Waals surface area contributed by atoms with Crippen molar-refractivity contribution in [2.24, 2.45) is 5.92 Å². The molecule has 0 bridgehead atoms. The molecule has 0 spiro atoms. The van der Waals surface area contributed by atoms with E-state index in [1.54, 1.807) is 4.90 Å². The molecule has 1 unspecified atom stereocenters. The Morgan fingerprint density at radius 1 is 1.38 bits per heavy atom. The first-order valence-corrected chi connectivity index (χ1v) is 5.79. The zero-order chi connectivity index (χ0) is 11.5. The predicted octanol–water partition coefficient (Wildman–Crippen LogP) is 0.489. The first-order valence-electron chi connectivity index (χ1n) is 5.79. The average molecular weight is 227 g/mol. The third-order valence-electron chi connectivity index (χ3n) is 3.16. The van der Waals surface area contributed by atoms with E-state index >= 15 is 0 Å². The molecule has 1 N–H and O–H groups in total. The number of nitrogens with zero attached hydrogens (tertiary/aromatic N) is 1. The molecule has 1 saturated carbocycles. The molecule has 90 valence electrons. The number of carboxylic acid groups (broad SMARTS) is 1. The Kier molecular flexibility index (Phi) is 3.43. The largest absolute Gasteiger partial charge is 0.479 e. The number of rotatable bonds is 4. The van der Waals surface area contributed by atoms with Crippen molar-refractivity contribution >= 4 is 11.9 Å². The summed E-state index contributed by atoms with van der Waals surface area (Å²) in [6, 6.07) is 0. The quantitative estimate of drug-likeness (QED) is 0.759. The van der Waals surface area contributed by atoms with Crippen LogP contribution in [-0.2, 0) is 14.3 Å². The van der Waals surface area contributed by atoms with E-state index in [4.69, 9.17) is 9.84 Å². The highest BCUT2D eigenvalue weighted by atomic mass is 16.5. The Hall–Kier alpha value is -1.10. The Bertz CT molecular complexity index is 288. The average Bonchev–Trinajstić information content (AvgIpc) is 3.10. The van der Waals surface area contributed by atoms with Gasteiger partial charge in [0.25, 0.3) is 0 Å². The number of aliphatic carboxylic acids is 1. The zero-order valence-electron chi connectivity index (χ0n) is 9.22. The smallest absolute Gasteiger partial charge is 0.334 e. The number of carboxylic acids is 1. The van der Waals surface area contributed by atoms with E-state index in [0.717, 1.165) is 12.3 Å². The molecule has 0 aromatic rings. The number of morpholine rings is 1. The van der Waals surface area contributed by atoms with Crippen LogP contribution in [0.4, 0.5) is 0 Å². The minimum Gasteiger partial charge on any atom is -0.479 e. The number of carbonyl (C=O) groups excluding carboxylic acids is 1. The molecule has 1 heterocycles. The van der Waals surface area contributed by atoms with E-state index in [-0.39, 0.29) is 12.5 Å². The van der Waals surface area contributed by atoms with Crippen molar-refractivity contribution in [2.75, 3.05) is 19.7 Å². The second kappa shape index (κ2) is 4.82. The highest BCUT2D eigenvalue weighted by molar-refractivity contribution is 5.78. The van der Waals surface area contributed by atoms with Crippen molar-refractivity contribution in [1.29, 1.82) is 0 Å². The van der Waals surface area contributed by atoms with Gasteiger partial charge in [0.2, 0.25) is 5.91 Å². The minimum atomic E-state index is -0.986. The van der Waals surface area contributed by atoms with Gasteiger partial charge in [-0.15, -0.1) is 0 Å². The highest BCUT2D eigenvalue weighted by Crippen LogP contribution is 2.33. The maximum absolute atomic E-state index is 11.8. The van der Waals surface area contributed by atoms with E-state index in [1.165, 1.54) is 12.8 Å². The maximum atomic E-state index is 11.8. The lowest BCUT2D eigenvalue weighted by Gasteiger charge is -2.30. The molecule has 0 aromatic carbocycles. The molecule has 0 aromatic heterocycles. The topological polar surface area (TPSA) is 66.8 Å². The van der Waals surface area contributed by atoms with Crippen molar-refractivity contribution < 1.29 is 19.4 Å². The van der Waals surface area contributed by atoms with Crippen LogP contribution in [-0.4, -0.2) is 47.7 Å². The SMILES string of the molecule is O=C(O)C1CN(C(=O)CCC2CC2)CCO1. The Morgan fingerprint density at radius 2 is 2.12 bits per heavy atom. The maximum Gasteiger partial charge on any atom is 0.334 e. The Balaban J connectivity index is 1.78. The van der Waals surface area contributed by atoms with Gasteiger partial charge in [-0.25, -0.2) is 4.79 Å². The summed E-state index contributed by atoms with van der Waals surface area (Å²) >= 11 is 0. The summed E-state index contributed by atoms with van der Waals surface area (Å²) in [5.41, 5.74) is 0. The highest BCUT2D eigenvalue weighted by Gasteiger charge is 2.29. The predicted molar refractivity (Wildman–Crippen MR) is 55.9 cm³/mol. The van der Waals surface area contributed by atoms with Gasteiger partial charge in [0.05, 0.1) is 13.2 Å². The summed E-state index contributed by atoms with van der Waals surface area (Å²) < 4.78 is 5.06. The van der Waals surface area contributed by atoms with Gasteiger partial charge in [-0.2, -0.15) is 0 Å². The molecular formula is C11H17NO4. The number of ether oxygens (including phenoxy) is 1. The van der Waals surface area contributed by atoms with E-state index in [2.05, 4.69) is 0 Å². The molecule has 16 heavy (non-hydrogen) atoms. The van der Waals surface area contributed by atoms with E-state index < -0.39 is 12.1 Å². The number of hydrogen-bond donors (Lipinski definition) is 1. The third kappa shape index (κ3) is 2.95. The second-order valence-electron chi connectivity index (χ2n) is 4.52. The molecule has 2 rings (SSSR count). The van der Waals surface area contributed by atoms with Crippen LogP contribution in [0.3, 0.4) is 0 Å². The summed E-state index contributed by atoms with van der Waals surface area (Å²) in [5, 5.41) is 8.80. The van der Waals surface area contributed by atoms with Gasteiger partial charge in [0.1, 0.15) is 0 Å². The second-order valence-corrected chi connectivity index (χ2v) is 4.52. The van der Waals surface area contributed by atoms with Crippen molar-refractivity contribution in [1.82, 2.24) is 4.90 Å². The summed E-state index contributed by atoms with van der Waals surface area (Å²) in [7, 11) is 0. The summed E-state index contributed by atoms with van der Waals surface area (Å²) in [4.78, 5) is 24.1. The molecule has 2 aliphatic rings. The number of carbonyl (C=O) groups is 2. The molecule has 1 aliphatic carbocycles. The fourth-order valence-corrected chi connectivity index (χ4v) is 1.92. The van der Waals surface area contributed by atoms with Crippen LogP contribution in [0.2, 0.25) is 0 Å². The monoisotopic (exact) mass is 227 g/mol. The van der Waals surface area contributed by atoms with E-state index in [0.29, 0.717) is 19.6 Å². The van der Waals surface area contributed by atoms with Crippen LogP contribution < -0.4 is 0 Å². The molecule has 1 atom stereocenters.